The summed E-state index contributed by atoms with van der Waals surface area (Å²) in [6.07, 6.45) is 2.57. The first-order valence-corrected chi connectivity index (χ1v) is 7.65. The van der Waals surface area contributed by atoms with Gasteiger partial charge < -0.3 is 0 Å². The Labute approximate surface area is 72.7 Å². The molecule has 0 atom stereocenters. The molecule has 0 saturated carbocycles. The third-order valence-corrected chi connectivity index (χ3v) is 8.47. The molecular formula is C10H22Si. The van der Waals surface area contributed by atoms with Crippen molar-refractivity contribution in [2.75, 3.05) is 0 Å². The van der Waals surface area contributed by atoms with Crippen molar-refractivity contribution in [3.05, 3.63) is 12.3 Å². The molecule has 0 radical (unpaired) electrons. The lowest BCUT2D eigenvalue weighted by Crippen LogP contribution is -2.38. The average molecular weight is 170 g/mol. The molecule has 0 rings (SSSR count). The van der Waals surface area contributed by atoms with E-state index in [0.717, 1.165) is 0 Å². The van der Waals surface area contributed by atoms with Gasteiger partial charge in [-0.15, -0.1) is 12.3 Å². The van der Waals surface area contributed by atoms with Crippen LogP contribution < -0.4 is 0 Å². The maximum Gasteiger partial charge on any atom is 0.0767 e. The molecule has 0 fully saturated rings. The van der Waals surface area contributed by atoms with Crippen LogP contribution in [0.2, 0.25) is 18.1 Å². The summed E-state index contributed by atoms with van der Waals surface area (Å²) in [5, 5.41) is 0.550. The van der Waals surface area contributed by atoms with Crippen LogP contribution in [-0.4, -0.2) is 8.07 Å². The zero-order valence-electron chi connectivity index (χ0n) is 8.70. The van der Waals surface area contributed by atoms with Gasteiger partial charge in [0.2, 0.25) is 0 Å². The van der Waals surface area contributed by atoms with Crippen LogP contribution in [-0.2, 0) is 0 Å². The van der Waals surface area contributed by atoms with Gasteiger partial charge in [-0.1, -0.05) is 46.7 Å². The summed E-state index contributed by atoms with van der Waals surface area (Å²) in [6, 6.07) is 0. The fraction of sp³-hybridized carbons (Fsp3) is 0.800. The van der Waals surface area contributed by atoms with Crippen LogP contribution in [0.1, 0.15) is 33.6 Å². The summed E-state index contributed by atoms with van der Waals surface area (Å²) >= 11 is 0. The van der Waals surface area contributed by atoms with E-state index in [2.05, 4.69) is 46.1 Å². The van der Waals surface area contributed by atoms with E-state index >= 15 is 0 Å². The molecule has 0 aliphatic rings. The Kier molecular flexibility index (Phi) is 3.56. The van der Waals surface area contributed by atoms with Gasteiger partial charge in [-0.3, -0.25) is 0 Å². The SMILES string of the molecule is C=C[Si](C)(C)C(C)(CC)CC. The first-order chi connectivity index (χ1) is 4.93. The van der Waals surface area contributed by atoms with Crippen LogP contribution in [0.3, 0.4) is 0 Å². The van der Waals surface area contributed by atoms with Crippen molar-refractivity contribution in [3.63, 3.8) is 0 Å². The van der Waals surface area contributed by atoms with Gasteiger partial charge in [-0.2, -0.15) is 0 Å². The van der Waals surface area contributed by atoms with Gasteiger partial charge >= 0.3 is 0 Å². The second-order valence-corrected chi connectivity index (χ2v) is 9.25. The largest absolute Gasteiger partial charge is 0.107 e. The van der Waals surface area contributed by atoms with Crippen LogP contribution in [0.15, 0.2) is 12.3 Å². The minimum atomic E-state index is -1.17. The Morgan fingerprint density at radius 1 is 1.27 bits per heavy atom. The normalized spacial score (nSPS) is 13.2. The monoisotopic (exact) mass is 170 g/mol. The summed E-state index contributed by atoms with van der Waals surface area (Å²) in [5.41, 5.74) is 2.22. The van der Waals surface area contributed by atoms with Gasteiger partial charge in [0, 0.05) is 0 Å². The van der Waals surface area contributed by atoms with Crippen LogP contribution in [0.25, 0.3) is 0 Å². The molecule has 0 aromatic rings. The minimum Gasteiger partial charge on any atom is -0.107 e. The Morgan fingerprint density at radius 2 is 1.64 bits per heavy atom. The first-order valence-electron chi connectivity index (χ1n) is 4.57. The van der Waals surface area contributed by atoms with E-state index in [1.54, 1.807) is 0 Å². The summed E-state index contributed by atoms with van der Waals surface area (Å²) in [4.78, 5) is 0. The van der Waals surface area contributed by atoms with Crippen molar-refractivity contribution in [1.82, 2.24) is 0 Å². The molecule has 0 aliphatic carbocycles. The van der Waals surface area contributed by atoms with Gasteiger partial charge in [-0.25, -0.2) is 0 Å². The van der Waals surface area contributed by atoms with Gasteiger partial charge in [0.25, 0.3) is 0 Å². The van der Waals surface area contributed by atoms with Crippen LogP contribution in [0.4, 0.5) is 0 Å². The van der Waals surface area contributed by atoms with E-state index in [-0.39, 0.29) is 0 Å². The number of hydrogen-bond acceptors (Lipinski definition) is 0. The third-order valence-electron chi connectivity index (χ3n) is 3.63. The lowest BCUT2D eigenvalue weighted by Gasteiger charge is -2.39. The lowest BCUT2D eigenvalue weighted by molar-refractivity contribution is 0.546. The second kappa shape index (κ2) is 3.57. The molecular weight excluding hydrogens is 148 g/mol. The van der Waals surface area contributed by atoms with Crippen molar-refractivity contribution in [1.29, 1.82) is 0 Å². The summed E-state index contributed by atoms with van der Waals surface area (Å²) in [5.74, 6) is 0. The van der Waals surface area contributed by atoms with Gasteiger partial charge in [0.05, 0.1) is 8.07 Å². The van der Waals surface area contributed by atoms with Gasteiger partial charge in [0.1, 0.15) is 0 Å². The predicted octanol–water partition coefficient (Wildman–Crippen LogP) is 4.00. The molecule has 0 N–H and O–H groups in total. The van der Waals surface area contributed by atoms with E-state index in [9.17, 15) is 0 Å². The Hall–Kier alpha value is -0.0431. The van der Waals surface area contributed by atoms with Crippen molar-refractivity contribution >= 4 is 8.07 Å². The Morgan fingerprint density at radius 3 is 1.73 bits per heavy atom. The topological polar surface area (TPSA) is 0 Å². The highest BCUT2D eigenvalue weighted by molar-refractivity contribution is 6.84. The Balaban J connectivity index is 4.60. The molecule has 66 valence electrons. The van der Waals surface area contributed by atoms with E-state index < -0.39 is 8.07 Å². The second-order valence-electron chi connectivity index (χ2n) is 4.19. The van der Waals surface area contributed by atoms with E-state index in [1.807, 2.05) is 0 Å². The molecule has 0 spiro atoms. The van der Waals surface area contributed by atoms with Crippen LogP contribution in [0, 0.1) is 0 Å². The average Bonchev–Trinajstić information content (AvgIpc) is 2.02. The molecule has 0 nitrogen and oxygen atoms in total. The van der Waals surface area contributed by atoms with Gasteiger partial charge in [-0.05, 0) is 5.04 Å². The van der Waals surface area contributed by atoms with Crippen molar-refractivity contribution in [2.45, 2.75) is 51.7 Å². The maximum atomic E-state index is 3.96. The maximum absolute atomic E-state index is 3.96. The zero-order chi connectivity index (χ0) is 9.12. The van der Waals surface area contributed by atoms with E-state index in [0.29, 0.717) is 5.04 Å². The van der Waals surface area contributed by atoms with E-state index in [4.69, 9.17) is 0 Å². The van der Waals surface area contributed by atoms with Crippen molar-refractivity contribution in [3.8, 4) is 0 Å². The highest BCUT2D eigenvalue weighted by Crippen LogP contribution is 2.44. The molecule has 0 bridgehead atoms. The van der Waals surface area contributed by atoms with Crippen molar-refractivity contribution < 1.29 is 0 Å². The summed E-state index contributed by atoms with van der Waals surface area (Å²) < 4.78 is 0. The molecule has 1 heteroatoms. The third kappa shape index (κ3) is 1.96. The molecule has 0 aromatic carbocycles. The number of rotatable bonds is 4. The summed E-state index contributed by atoms with van der Waals surface area (Å²) in [7, 11) is -1.17. The standard InChI is InChI=1S/C10H22Si/c1-7-10(4,8-2)11(5,6)9-3/h9H,3,7-8H2,1-2,4-6H3. The van der Waals surface area contributed by atoms with Crippen LogP contribution >= 0.6 is 0 Å². The first kappa shape index (κ1) is 11.0. The highest BCUT2D eigenvalue weighted by atomic mass is 28.3. The van der Waals surface area contributed by atoms with Crippen molar-refractivity contribution in [2.24, 2.45) is 0 Å². The smallest absolute Gasteiger partial charge is 0.0767 e. The Bertz CT molecular complexity index is 132. The predicted molar refractivity (Wildman–Crippen MR) is 56.6 cm³/mol. The number of hydrogen-bond donors (Lipinski definition) is 0. The molecule has 11 heavy (non-hydrogen) atoms. The quantitative estimate of drug-likeness (QED) is 0.559. The molecule has 0 aromatic heterocycles. The van der Waals surface area contributed by atoms with E-state index in [1.165, 1.54) is 12.8 Å². The molecule has 0 unspecified atom stereocenters. The fourth-order valence-corrected chi connectivity index (χ4v) is 3.72. The molecule has 0 aliphatic heterocycles. The highest BCUT2D eigenvalue weighted by Gasteiger charge is 2.37. The molecule has 0 amide bonds. The van der Waals surface area contributed by atoms with Crippen LogP contribution in [0.5, 0.6) is 0 Å². The molecule has 0 heterocycles. The lowest BCUT2D eigenvalue weighted by atomic mass is 10.1. The summed E-state index contributed by atoms with van der Waals surface area (Å²) in [6.45, 7) is 15.8. The van der Waals surface area contributed by atoms with Gasteiger partial charge in [0.15, 0.2) is 0 Å². The minimum absolute atomic E-state index is 0.550. The molecule has 0 saturated heterocycles. The fourth-order valence-electron chi connectivity index (χ4n) is 1.41. The zero-order valence-corrected chi connectivity index (χ0v) is 9.70.